The Labute approximate surface area is 119 Å². The van der Waals surface area contributed by atoms with Crippen molar-refractivity contribution in [3.8, 4) is 0 Å². The predicted octanol–water partition coefficient (Wildman–Crippen LogP) is 4.04. The molecule has 98 valence electrons. The van der Waals surface area contributed by atoms with E-state index in [1.165, 1.54) is 5.57 Å². The lowest BCUT2D eigenvalue weighted by atomic mass is 9.86. The molecule has 0 saturated heterocycles. The largest absolute Gasteiger partial charge is 0.466 e. The molecule has 2 rings (SSSR count). The third kappa shape index (κ3) is 3.65. The smallest absolute Gasteiger partial charge is 0.308 e. The molecule has 0 aliphatic heterocycles. The van der Waals surface area contributed by atoms with Crippen molar-refractivity contribution in [3.63, 3.8) is 0 Å². The number of carbonyl (C=O) groups excluding carboxylic acids is 1. The van der Waals surface area contributed by atoms with Gasteiger partial charge in [0.2, 0.25) is 0 Å². The Morgan fingerprint density at radius 3 is 2.89 bits per heavy atom. The summed E-state index contributed by atoms with van der Waals surface area (Å²) in [6, 6.07) is 0. The van der Waals surface area contributed by atoms with E-state index in [0.717, 1.165) is 34.5 Å². The number of ether oxygens (including phenoxy) is 1. The maximum absolute atomic E-state index is 11.6. The number of carbonyl (C=O) groups is 1. The summed E-state index contributed by atoms with van der Waals surface area (Å²) in [7, 11) is 0. The van der Waals surface area contributed by atoms with Crippen molar-refractivity contribution in [2.24, 2.45) is 5.92 Å². The fourth-order valence-electron chi connectivity index (χ4n) is 2.14. The SMILES string of the molecule is CCOC(=O)C1CCC(=Cc2ncc(Br)s2)CC1. The Morgan fingerprint density at radius 2 is 2.33 bits per heavy atom. The molecule has 1 aromatic rings. The van der Waals surface area contributed by atoms with Crippen LogP contribution >= 0.6 is 27.3 Å². The predicted molar refractivity (Wildman–Crippen MR) is 76.4 cm³/mol. The number of aromatic nitrogens is 1. The van der Waals surface area contributed by atoms with Gasteiger partial charge in [-0.3, -0.25) is 4.79 Å². The number of esters is 1. The van der Waals surface area contributed by atoms with Gasteiger partial charge in [-0.25, -0.2) is 4.98 Å². The lowest BCUT2D eigenvalue weighted by Gasteiger charge is -2.22. The first kappa shape index (κ1) is 13.7. The molecule has 5 heteroatoms. The van der Waals surface area contributed by atoms with Crippen molar-refractivity contribution in [3.05, 3.63) is 20.6 Å². The Bertz CT molecular complexity index is 446. The molecule has 0 aromatic carbocycles. The van der Waals surface area contributed by atoms with Crippen LogP contribution < -0.4 is 0 Å². The molecule has 1 saturated carbocycles. The van der Waals surface area contributed by atoms with Crippen molar-refractivity contribution in [1.82, 2.24) is 4.98 Å². The fraction of sp³-hybridized carbons (Fsp3) is 0.538. The molecule has 1 aliphatic carbocycles. The van der Waals surface area contributed by atoms with Gasteiger partial charge in [0.1, 0.15) is 5.01 Å². The number of thiazole rings is 1. The molecule has 0 N–H and O–H groups in total. The van der Waals surface area contributed by atoms with Gasteiger partial charge in [-0.1, -0.05) is 5.57 Å². The van der Waals surface area contributed by atoms with E-state index >= 15 is 0 Å². The van der Waals surface area contributed by atoms with Gasteiger partial charge in [-0.15, -0.1) is 11.3 Å². The first-order valence-corrected chi connectivity index (χ1v) is 7.77. The maximum atomic E-state index is 11.6. The molecule has 0 atom stereocenters. The van der Waals surface area contributed by atoms with Gasteiger partial charge in [-0.2, -0.15) is 0 Å². The van der Waals surface area contributed by atoms with Gasteiger partial charge in [0, 0.05) is 0 Å². The third-order valence-corrected chi connectivity index (χ3v) is 4.49. The van der Waals surface area contributed by atoms with Crippen LogP contribution in [-0.4, -0.2) is 17.6 Å². The molecule has 1 heterocycles. The van der Waals surface area contributed by atoms with Crippen molar-refractivity contribution in [1.29, 1.82) is 0 Å². The summed E-state index contributed by atoms with van der Waals surface area (Å²) < 4.78 is 6.11. The van der Waals surface area contributed by atoms with Gasteiger partial charge >= 0.3 is 5.97 Å². The number of allylic oxidation sites excluding steroid dienone is 1. The molecule has 0 spiro atoms. The normalized spacial score (nSPS) is 19.7. The van der Waals surface area contributed by atoms with Crippen LogP contribution in [0.5, 0.6) is 0 Å². The van der Waals surface area contributed by atoms with Crippen LogP contribution in [0.15, 0.2) is 15.6 Å². The minimum atomic E-state index is -0.0338. The zero-order chi connectivity index (χ0) is 13.0. The molecule has 18 heavy (non-hydrogen) atoms. The number of halogens is 1. The maximum Gasteiger partial charge on any atom is 0.308 e. The van der Waals surface area contributed by atoms with Crippen LogP contribution in [0.3, 0.4) is 0 Å². The lowest BCUT2D eigenvalue weighted by molar-refractivity contribution is -0.148. The van der Waals surface area contributed by atoms with Gasteiger partial charge in [-0.05, 0) is 54.6 Å². The summed E-state index contributed by atoms with van der Waals surface area (Å²) in [5.41, 5.74) is 1.39. The molecule has 0 radical (unpaired) electrons. The molecule has 0 unspecified atom stereocenters. The summed E-state index contributed by atoms with van der Waals surface area (Å²) in [6.45, 7) is 2.33. The van der Waals surface area contributed by atoms with E-state index in [1.807, 2.05) is 13.1 Å². The highest BCUT2D eigenvalue weighted by Gasteiger charge is 2.24. The fourth-order valence-corrected chi connectivity index (χ4v) is 3.37. The van der Waals surface area contributed by atoms with E-state index in [4.69, 9.17) is 4.74 Å². The molecule has 3 nitrogen and oxygen atoms in total. The van der Waals surface area contributed by atoms with Crippen LogP contribution in [0.1, 0.15) is 37.6 Å². The quantitative estimate of drug-likeness (QED) is 0.785. The first-order valence-electron chi connectivity index (χ1n) is 6.16. The number of rotatable bonds is 3. The lowest BCUT2D eigenvalue weighted by Crippen LogP contribution is -2.20. The molecule has 1 aliphatic rings. The molecule has 0 amide bonds. The highest BCUT2D eigenvalue weighted by molar-refractivity contribution is 9.11. The van der Waals surface area contributed by atoms with Crippen LogP contribution in [-0.2, 0) is 9.53 Å². The van der Waals surface area contributed by atoms with Crippen molar-refractivity contribution >= 4 is 39.3 Å². The van der Waals surface area contributed by atoms with Gasteiger partial charge in [0.25, 0.3) is 0 Å². The minimum absolute atomic E-state index is 0.0338. The number of nitrogens with zero attached hydrogens (tertiary/aromatic N) is 1. The summed E-state index contributed by atoms with van der Waals surface area (Å²) in [5, 5.41) is 1.03. The highest BCUT2D eigenvalue weighted by atomic mass is 79.9. The second kappa shape index (κ2) is 6.48. The Hall–Kier alpha value is -0.680. The van der Waals surface area contributed by atoms with Crippen LogP contribution in [0, 0.1) is 5.92 Å². The average Bonchev–Trinajstić information content (AvgIpc) is 2.76. The van der Waals surface area contributed by atoms with Crippen molar-refractivity contribution in [2.75, 3.05) is 6.61 Å². The van der Waals surface area contributed by atoms with E-state index in [-0.39, 0.29) is 11.9 Å². The average molecular weight is 330 g/mol. The Morgan fingerprint density at radius 1 is 1.61 bits per heavy atom. The topological polar surface area (TPSA) is 39.2 Å². The van der Waals surface area contributed by atoms with Crippen molar-refractivity contribution < 1.29 is 9.53 Å². The summed E-state index contributed by atoms with van der Waals surface area (Å²) in [5.74, 6) is 0.0543. The Kier molecular flexibility index (Phi) is 4.95. The first-order chi connectivity index (χ1) is 8.69. The Balaban J connectivity index is 1.90. The molecular formula is C13H16BrNO2S. The van der Waals surface area contributed by atoms with E-state index in [2.05, 4.69) is 27.0 Å². The van der Waals surface area contributed by atoms with Gasteiger partial charge in [0.15, 0.2) is 0 Å². The third-order valence-electron chi connectivity index (χ3n) is 3.07. The summed E-state index contributed by atoms with van der Waals surface area (Å²) in [4.78, 5) is 15.9. The molecule has 1 aromatic heterocycles. The zero-order valence-corrected chi connectivity index (χ0v) is 12.7. The second-order valence-corrected chi connectivity index (χ2v) is 6.77. The van der Waals surface area contributed by atoms with Crippen LogP contribution in [0.2, 0.25) is 0 Å². The number of hydrogen-bond donors (Lipinski definition) is 0. The van der Waals surface area contributed by atoms with Crippen LogP contribution in [0.25, 0.3) is 6.08 Å². The van der Waals surface area contributed by atoms with Crippen molar-refractivity contribution in [2.45, 2.75) is 32.6 Å². The molecule has 1 fully saturated rings. The summed E-state index contributed by atoms with van der Waals surface area (Å²) in [6.07, 6.45) is 7.72. The molecule has 0 bridgehead atoms. The van der Waals surface area contributed by atoms with E-state index in [1.54, 1.807) is 11.3 Å². The van der Waals surface area contributed by atoms with Gasteiger partial charge in [0.05, 0.1) is 22.5 Å². The highest BCUT2D eigenvalue weighted by Crippen LogP contribution is 2.31. The van der Waals surface area contributed by atoms with Gasteiger partial charge < -0.3 is 4.74 Å². The minimum Gasteiger partial charge on any atom is -0.466 e. The molecular weight excluding hydrogens is 314 g/mol. The standard InChI is InChI=1S/C13H16BrNO2S/c1-2-17-13(16)10-5-3-9(4-6-10)7-12-15-8-11(14)18-12/h7-8,10H,2-6H2,1H3. The number of hydrogen-bond acceptors (Lipinski definition) is 4. The van der Waals surface area contributed by atoms with E-state index in [0.29, 0.717) is 6.61 Å². The zero-order valence-electron chi connectivity index (χ0n) is 10.3. The van der Waals surface area contributed by atoms with E-state index < -0.39 is 0 Å². The van der Waals surface area contributed by atoms with E-state index in [9.17, 15) is 4.79 Å². The summed E-state index contributed by atoms with van der Waals surface area (Å²) >= 11 is 5.04. The van der Waals surface area contributed by atoms with Crippen LogP contribution in [0.4, 0.5) is 0 Å². The second-order valence-electron chi connectivity index (χ2n) is 4.33. The monoisotopic (exact) mass is 329 g/mol.